The molecule has 3 aromatic carbocycles. The third kappa shape index (κ3) is 14.4. The van der Waals surface area contributed by atoms with Gasteiger partial charge in [0.15, 0.2) is 0 Å². The highest BCUT2D eigenvalue weighted by molar-refractivity contribution is 7.22. The van der Waals surface area contributed by atoms with E-state index >= 15 is 0 Å². The molecule has 0 unspecified atom stereocenters. The van der Waals surface area contributed by atoms with Crippen LogP contribution in [0.3, 0.4) is 0 Å². The van der Waals surface area contributed by atoms with Crippen molar-refractivity contribution in [1.82, 2.24) is 4.98 Å². The first-order valence-corrected chi connectivity index (χ1v) is 23.4. The lowest BCUT2D eigenvalue weighted by Gasteiger charge is -2.29. The van der Waals surface area contributed by atoms with Gasteiger partial charge in [-0.05, 0) is 130 Å². The number of esters is 2. The molecule has 2 aliphatic carbocycles. The average Bonchev–Trinajstić information content (AvgIpc) is 3.74. The molecule has 62 heavy (non-hydrogen) atoms. The third-order valence-electron chi connectivity index (χ3n) is 11.9. The van der Waals surface area contributed by atoms with E-state index in [9.17, 15) is 9.59 Å². The number of hydrogen-bond donors (Lipinski definition) is 0. The van der Waals surface area contributed by atoms with Gasteiger partial charge in [-0.3, -0.25) is 4.79 Å². The molecule has 0 radical (unpaired) electrons. The van der Waals surface area contributed by atoms with Crippen molar-refractivity contribution in [1.29, 1.82) is 0 Å². The van der Waals surface area contributed by atoms with E-state index in [4.69, 9.17) is 38.5 Å². The van der Waals surface area contributed by atoms with Crippen LogP contribution in [0.5, 0.6) is 17.2 Å². The highest BCUT2D eigenvalue weighted by Crippen LogP contribution is 2.39. The number of fused-ring (bicyclic) bond motifs is 1. The monoisotopic (exact) mass is 867 g/mol. The van der Waals surface area contributed by atoms with Crippen LogP contribution < -0.4 is 19.2 Å². The van der Waals surface area contributed by atoms with E-state index < -0.39 is 5.97 Å². The molecule has 2 saturated carbocycles. The quantitative estimate of drug-likeness (QED) is 0.0168. The van der Waals surface area contributed by atoms with Crippen molar-refractivity contribution in [2.45, 2.75) is 96.8 Å². The molecule has 0 aliphatic heterocycles. The van der Waals surface area contributed by atoms with Gasteiger partial charge >= 0.3 is 11.9 Å². The fraction of sp³-hybridized carbons (Fsp3) is 0.520. The highest BCUT2D eigenvalue weighted by Gasteiger charge is 2.29. The number of thiazole rings is 1. The number of rotatable bonds is 24. The number of anilines is 1. The fourth-order valence-corrected chi connectivity index (χ4v) is 9.09. The molecular formula is C50H65N3O8S. The van der Waals surface area contributed by atoms with Crippen LogP contribution in [0.25, 0.3) is 10.2 Å². The molecule has 11 nitrogen and oxygen atoms in total. The Hall–Kier alpha value is -4.78. The van der Waals surface area contributed by atoms with Crippen LogP contribution in [-0.2, 0) is 23.8 Å². The molecule has 2 aliphatic rings. The summed E-state index contributed by atoms with van der Waals surface area (Å²) in [6.45, 7) is 10.8. The second kappa shape index (κ2) is 24.8. The second-order valence-electron chi connectivity index (χ2n) is 16.6. The van der Waals surface area contributed by atoms with Gasteiger partial charge in [0.1, 0.15) is 17.2 Å². The number of para-hydroxylation sites is 1. The van der Waals surface area contributed by atoms with E-state index in [0.717, 1.165) is 58.3 Å². The first-order chi connectivity index (χ1) is 30.3. The third-order valence-corrected chi connectivity index (χ3v) is 12.9. The lowest BCUT2D eigenvalue weighted by molar-refractivity contribution is -0.140. The number of nitrogens with zero attached hydrogens (tertiary/aromatic N) is 3. The predicted molar refractivity (Wildman–Crippen MR) is 247 cm³/mol. The van der Waals surface area contributed by atoms with Crippen LogP contribution in [0.1, 0.15) is 108 Å². The molecule has 0 amide bonds. The van der Waals surface area contributed by atoms with Gasteiger partial charge in [0.2, 0.25) is 5.13 Å². The molecule has 6 rings (SSSR count). The Morgan fingerprint density at radius 2 is 1.61 bits per heavy atom. The van der Waals surface area contributed by atoms with Crippen LogP contribution in [0.15, 0.2) is 84.0 Å². The average molecular weight is 868 g/mol. The topological polar surface area (TPSA) is 118 Å². The molecule has 0 saturated heterocycles. The lowest BCUT2D eigenvalue weighted by atomic mass is 9.77. The number of aromatic nitrogens is 1. The summed E-state index contributed by atoms with van der Waals surface area (Å²) in [6.07, 6.45) is 14.7. The maximum atomic E-state index is 13.2. The zero-order chi connectivity index (χ0) is 43.5. The van der Waals surface area contributed by atoms with Crippen molar-refractivity contribution >= 4 is 44.8 Å². The number of unbranched alkanes of at least 4 members (excludes halogenated alkanes) is 1. The molecule has 0 bridgehead atoms. The molecular weight excluding hydrogens is 803 g/mol. The van der Waals surface area contributed by atoms with Crippen LogP contribution in [0, 0.1) is 17.8 Å². The molecule has 4 aromatic rings. The van der Waals surface area contributed by atoms with Gasteiger partial charge in [-0.2, -0.15) is 5.10 Å². The maximum Gasteiger partial charge on any atom is 0.333 e. The van der Waals surface area contributed by atoms with Crippen LogP contribution in [0.2, 0.25) is 0 Å². The van der Waals surface area contributed by atoms with Gasteiger partial charge in [0, 0.05) is 24.7 Å². The largest absolute Gasteiger partial charge is 0.493 e. The number of carbonyl (C=O) groups excluding carboxylic acids is 2. The Morgan fingerprint density at radius 1 is 0.855 bits per heavy atom. The maximum absolute atomic E-state index is 13.2. The van der Waals surface area contributed by atoms with Crippen molar-refractivity contribution in [3.8, 4) is 17.2 Å². The summed E-state index contributed by atoms with van der Waals surface area (Å²) < 4.78 is 35.4. The standard InChI is InChI=1S/C50H65N3O8S/c1-5-6-10-37-13-17-39(18-14-37)41-21-26-46(42(33-41)34-51-53(27-30-57-32-31-56-4)50-52-45-11-7-8-12-47(45)62-50)60-35-38-15-19-40(20-16-38)49(55)61-44-24-22-43(23-25-44)58-28-9-29-59-48(54)36(2)3/h7-8,11-12,21-26,33-34,37-40H,2,5-6,9-10,13-20,27-32,35H2,1,3-4H3/b51-34+. The lowest BCUT2D eigenvalue weighted by Crippen LogP contribution is -2.27. The highest BCUT2D eigenvalue weighted by atomic mass is 32.1. The molecule has 0 spiro atoms. The zero-order valence-electron chi connectivity index (χ0n) is 36.9. The van der Waals surface area contributed by atoms with E-state index in [1.165, 1.54) is 50.5 Å². The number of methoxy groups -OCH3 is 1. The summed E-state index contributed by atoms with van der Waals surface area (Å²) in [5, 5.41) is 7.80. The van der Waals surface area contributed by atoms with E-state index in [1.807, 2.05) is 29.4 Å². The van der Waals surface area contributed by atoms with Gasteiger partial charge in [-0.15, -0.1) is 0 Å². The first-order valence-electron chi connectivity index (χ1n) is 22.6. The molecule has 1 heterocycles. The van der Waals surface area contributed by atoms with Crippen LogP contribution >= 0.6 is 11.3 Å². The molecule has 1 aromatic heterocycles. The minimum atomic E-state index is -0.402. The fourth-order valence-electron chi connectivity index (χ4n) is 8.14. The van der Waals surface area contributed by atoms with E-state index in [-0.39, 0.29) is 18.5 Å². The van der Waals surface area contributed by atoms with Gasteiger partial charge in [0.05, 0.1) is 68.5 Å². The second-order valence-corrected chi connectivity index (χ2v) is 17.6. The van der Waals surface area contributed by atoms with Gasteiger partial charge < -0.3 is 28.4 Å². The Morgan fingerprint density at radius 3 is 2.35 bits per heavy atom. The Balaban J connectivity index is 1.05. The predicted octanol–water partition coefficient (Wildman–Crippen LogP) is 10.9. The van der Waals surface area contributed by atoms with Crippen molar-refractivity contribution in [2.75, 3.05) is 58.3 Å². The van der Waals surface area contributed by atoms with Crippen molar-refractivity contribution in [3.05, 3.63) is 90.0 Å². The summed E-state index contributed by atoms with van der Waals surface area (Å²) in [4.78, 5) is 29.6. The zero-order valence-corrected chi connectivity index (χ0v) is 37.7. The number of hydrazone groups is 1. The molecule has 12 heteroatoms. The normalized spacial score (nSPS) is 19.0. The van der Waals surface area contributed by atoms with E-state index in [1.54, 1.807) is 49.6 Å². The smallest absolute Gasteiger partial charge is 0.333 e. The molecule has 0 atom stereocenters. The summed E-state index contributed by atoms with van der Waals surface area (Å²) in [5.41, 5.74) is 3.63. The van der Waals surface area contributed by atoms with Gasteiger partial charge in [-0.1, -0.05) is 62.3 Å². The van der Waals surface area contributed by atoms with Crippen molar-refractivity contribution < 1.29 is 38.0 Å². The first kappa shape index (κ1) is 46.7. The molecule has 334 valence electrons. The summed E-state index contributed by atoms with van der Waals surface area (Å²) in [6, 6.07) is 21.9. The van der Waals surface area contributed by atoms with Crippen LogP contribution in [-0.4, -0.2) is 76.4 Å². The van der Waals surface area contributed by atoms with Gasteiger partial charge in [-0.25, -0.2) is 14.8 Å². The van der Waals surface area contributed by atoms with Crippen LogP contribution in [0.4, 0.5) is 5.13 Å². The Kier molecular flexibility index (Phi) is 18.7. The summed E-state index contributed by atoms with van der Waals surface area (Å²) in [5.74, 6) is 2.90. The van der Waals surface area contributed by atoms with Crippen molar-refractivity contribution in [2.24, 2.45) is 22.9 Å². The Bertz CT molecular complexity index is 2000. The Labute approximate surface area is 371 Å². The van der Waals surface area contributed by atoms with Crippen molar-refractivity contribution in [3.63, 3.8) is 0 Å². The molecule has 0 N–H and O–H groups in total. The van der Waals surface area contributed by atoms with E-state index in [2.05, 4.69) is 37.8 Å². The number of carbonyl (C=O) groups is 2. The minimum Gasteiger partial charge on any atom is -0.493 e. The summed E-state index contributed by atoms with van der Waals surface area (Å²) in [7, 11) is 1.67. The number of benzene rings is 3. The van der Waals surface area contributed by atoms with Gasteiger partial charge in [0.25, 0.3) is 0 Å². The number of ether oxygens (including phenoxy) is 6. The van der Waals surface area contributed by atoms with E-state index in [0.29, 0.717) is 74.9 Å². The minimum absolute atomic E-state index is 0.157. The molecule has 2 fully saturated rings. The SMILES string of the molecule is C=C(C)C(=O)OCCCOc1ccc(OC(=O)C2CCC(COc3ccc(C4CCC(CCCC)CC4)cc3/C=N/N(CCOCCOC)c3nc4ccccc4s3)CC2)cc1. The summed E-state index contributed by atoms with van der Waals surface area (Å²) >= 11 is 1.62. The number of hydrogen-bond acceptors (Lipinski definition) is 12.